The molecule has 1 unspecified atom stereocenters. The van der Waals surface area contributed by atoms with Crippen molar-refractivity contribution in [2.75, 3.05) is 0 Å². The molecule has 3 N–H and O–H groups in total. The molecule has 0 radical (unpaired) electrons. The van der Waals surface area contributed by atoms with E-state index in [1.165, 1.54) is 12.1 Å². The summed E-state index contributed by atoms with van der Waals surface area (Å²) in [6, 6.07) is 12.7. The van der Waals surface area contributed by atoms with E-state index in [1.54, 1.807) is 0 Å². The highest BCUT2D eigenvalue weighted by Crippen LogP contribution is 2.19. The van der Waals surface area contributed by atoms with Crippen LogP contribution in [-0.2, 0) is 6.42 Å². The lowest BCUT2D eigenvalue weighted by molar-refractivity contribution is 0.530. The van der Waals surface area contributed by atoms with Crippen LogP contribution in [0.15, 0.2) is 48.5 Å². The number of hydrogen-bond acceptors (Lipinski definition) is 2. The van der Waals surface area contributed by atoms with Crippen molar-refractivity contribution < 1.29 is 8.78 Å². The minimum absolute atomic E-state index is 0.322. The van der Waals surface area contributed by atoms with Crippen molar-refractivity contribution in [3.8, 4) is 0 Å². The molecule has 0 saturated carbocycles. The predicted octanol–water partition coefficient (Wildman–Crippen LogP) is 2.71. The maximum absolute atomic E-state index is 13.2. The van der Waals surface area contributed by atoms with Gasteiger partial charge in [-0.25, -0.2) is 8.78 Å². The van der Waals surface area contributed by atoms with Gasteiger partial charge < -0.3 is 0 Å². The zero-order valence-electron chi connectivity index (χ0n) is 9.74. The number of benzene rings is 2. The highest BCUT2D eigenvalue weighted by atomic mass is 19.1. The summed E-state index contributed by atoms with van der Waals surface area (Å²) in [7, 11) is 0. The second kappa shape index (κ2) is 5.71. The van der Waals surface area contributed by atoms with Crippen molar-refractivity contribution in [1.82, 2.24) is 5.43 Å². The van der Waals surface area contributed by atoms with Crippen LogP contribution in [0.2, 0.25) is 0 Å². The van der Waals surface area contributed by atoms with Gasteiger partial charge >= 0.3 is 0 Å². The normalized spacial score (nSPS) is 12.4. The van der Waals surface area contributed by atoms with Crippen molar-refractivity contribution in [2.45, 2.75) is 12.5 Å². The molecule has 0 aliphatic rings. The van der Waals surface area contributed by atoms with Gasteiger partial charge in [-0.05, 0) is 29.7 Å². The molecule has 0 aromatic heterocycles. The zero-order chi connectivity index (χ0) is 13.0. The largest absolute Gasteiger partial charge is 0.271 e. The second-order valence-electron chi connectivity index (χ2n) is 4.11. The Morgan fingerprint density at radius 1 is 1.00 bits per heavy atom. The van der Waals surface area contributed by atoms with E-state index in [1.807, 2.05) is 30.3 Å². The minimum atomic E-state index is -0.599. The first-order valence-corrected chi connectivity index (χ1v) is 5.65. The van der Waals surface area contributed by atoms with Gasteiger partial charge in [0, 0.05) is 6.07 Å². The molecule has 0 spiro atoms. The smallest absolute Gasteiger partial charge is 0.126 e. The van der Waals surface area contributed by atoms with Crippen molar-refractivity contribution in [2.24, 2.45) is 5.84 Å². The Hall–Kier alpha value is -1.78. The van der Waals surface area contributed by atoms with Crippen LogP contribution in [-0.4, -0.2) is 0 Å². The van der Waals surface area contributed by atoms with Crippen LogP contribution in [0.5, 0.6) is 0 Å². The topological polar surface area (TPSA) is 38.0 Å². The first-order valence-electron chi connectivity index (χ1n) is 5.65. The van der Waals surface area contributed by atoms with Gasteiger partial charge in [0.15, 0.2) is 0 Å². The average Bonchev–Trinajstić information content (AvgIpc) is 2.36. The molecular formula is C14H14F2N2. The molecule has 0 aliphatic heterocycles. The maximum Gasteiger partial charge on any atom is 0.126 e. The number of hydrogen-bond donors (Lipinski definition) is 2. The SMILES string of the molecule is NNC(Cc1ccccc1)c1cc(F)cc(F)c1. The lowest BCUT2D eigenvalue weighted by Crippen LogP contribution is -2.29. The van der Waals surface area contributed by atoms with E-state index < -0.39 is 11.6 Å². The minimum Gasteiger partial charge on any atom is -0.271 e. The first kappa shape index (κ1) is 12.7. The molecule has 0 saturated heterocycles. The van der Waals surface area contributed by atoms with Crippen LogP contribution < -0.4 is 11.3 Å². The Bertz CT molecular complexity index is 494. The highest BCUT2D eigenvalue weighted by Gasteiger charge is 2.12. The maximum atomic E-state index is 13.2. The Kier molecular flexibility index (Phi) is 4.02. The fourth-order valence-electron chi connectivity index (χ4n) is 1.90. The van der Waals surface area contributed by atoms with E-state index >= 15 is 0 Å². The van der Waals surface area contributed by atoms with Crippen molar-refractivity contribution >= 4 is 0 Å². The Labute approximate surface area is 104 Å². The fraction of sp³-hybridized carbons (Fsp3) is 0.143. The number of nitrogens with two attached hydrogens (primary N) is 1. The summed E-state index contributed by atoms with van der Waals surface area (Å²) in [4.78, 5) is 0. The Morgan fingerprint density at radius 3 is 2.17 bits per heavy atom. The summed E-state index contributed by atoms with van der Waals surface area (Å²) in [6.07, 6.45) is 0.570. The van der Waals surface area contributed by atoms with Gasteiger partial charge in [0.2, 0.25) is 0 Å². The molecule has 0 aliphatic carbocycles. The molecule has 2 nitrogen and oxygen atoms in total. The molecule has 0 bridgehead atoms. The summed E-state index contributed by atoms with van der Waals surface area (Å²) in [6.45, 7) is 0. The molecule has 1 atom stereocenters. The van der Waals surface area contributed by atoms with Gasteiger partial charge in [0.05, 0.1) is 6.04 Å². The molecule has 94 valence electrons. The number of rotatable bonds is 4. The van der Waals surface area contributed by atoms with Crippen LogP contribution in [0.25, 0.3) is 0 Å². The summed E-state index contributed by atoms with van der Waals surface area (Å²) in [5, 5.41) is 0. The van der Waals surface area contributed by atoms with Crippen molar-refractivity contribution in [1.29, 1.82) is 0 Å². The summed E-state index contributed by atoms with van der Waals surface area (Å²) in [5.41, 5.74) is 4.13. The van der Waals surface area contributed by atoms with Crippen LogP contribution in [0, 0.1) is 11.6 Å². The Balaban J connectivity index is 2.23. The monoisotopic (exact) mass is 248 g/mol. The first-order chi connectivity index (χ1) is 8.69. The molecule has 18 heavy (non-hydrogen) atoms. The average molecular weight is 248 g/mol. The van der Waals surface area contributed by atoms with Crippen LogP contribution >= 0.6 is 0 Å². The van der Waals surface area contributed by atoms with Crippen molar-refractivity contribution in [3.63, 3.8) is 0 Å². The van der Waals surface area contributed by atoms with Gasteiger partial charge in [-0.3, -0.25) is 11.3 Å². The standard InChI is InChI=1S/C14H14F2N2/c15-12-7-11(8-13(16)9-12)14(18-17)6-10-4-2-1-3-5-10/h1-5,7-9,14,18H,6,17H2. The number of halogens is 2. The van der Waals surface area contributed by atoms with Gasteiger partial charge in [-0.1, -0.05) is 30.3 Å². The van der Waals surface area contributed by atoms with E-state index in [4.69, 9.17) is 5.84 Å². The van der Waals surface area contributed by atoms with Gasteiger partial charge in [-0.2, -0.15) is 0 Å². The molecular weight excluding hydrogens is 234 g/mol. The van der Waals surface area contributed by atoms with Crippen LogP contribution in [0.4, 0.5) is 8.78 Å². The lowest BCUT2D eigenvalue weighted by Gasteiger charge is -2.16. The Morgan fingerprint density at radius 2 is 1.61 bits per heavy atom. The van der Waals surface area contributed by atoms with Crippen LogP contribution in [0.1, 0.15) is 17.2 Å². The van der Waals surface area contributed by atoms with E-state index in [-0.39, 0.29) is 6.04 Å². The van der Waals surface area contributed by atoms with Crippen LogP contribution in [0.3, 0.4) is 0 Å². The lowest BCUT2D eigenvalue weighted by atomic mass is 9.99. The van der Waals surface area contributed by atoms with E-state index in [0.717, 1.165) is 11.6 Å². The quantitative estimate of drug-likeness (QED) is 0.645. The molecule has 0 heterocycles. The van der Waals surface area contributed by atoms with Crippen molar-refractivity contribution in [3.05, 3.63) is 71.3 Å². The molecule has 2 aromatic carbocycles. The molecule has 0 amide bonds. The molecule has 2 rings (SSSR count). The van der Waals surface area contributed by atoms with E-state index in [2.05, 4.69) is 5.43 Å². The summed E-state index contributed by atoms with van der Waals surface area (Å²) < 4.78 is 26.3. The highest BCUT2D eigenvalue weighted by molar-refractivity contribution is 5.25. The fourth-order valence-corrected chi connectivity index (χ4v) is 1.90. The van der Waals surface area contributed by atoms with E-state index in [9.17, 15) is 8.78 Å². The summed E-state index contributed by atoms with van der Waals surface area (Å²) >= 11 is 0. The third-order valence-electron chi connectivity index (χ3n) is 2.77. The van der Waals surface area contributed by atoms with E-state index in [0.29, 0.717) is 12.0 Å². The number of nitrogens with one attached hydrogen (secondary N) is 1. The third kappa shape index (κ3) is 3.12. The zero-order valence-corrected chi connectivity index (χ0v) is 9.74. The summed E-state index contributed by atoms with van der Waals surface area (Å²) in [5.74, 6) is 4.26. The second-order valence-corrected chi connectivity index (χ2v) is 4.11. The molecule has 4 heteroatoms. The molecule has 2 aromatic rings. The predicted molar refractivity (Wildman–Crippen MR) is 66.6 cm³/mol. The third-order valence-corrected chi connectivity index (χ3v) is 2.77. The number of hydrazine groups is 1. The van der Waals surface area contributed by atoms with Gasteiger partial charge in [0.1, 0.15) is 11.6 Å². The van der Waals surface area contributed by atoms with Gasteiger partial charge in [-0.15, -0.1) is 0 Å². The molecule has 0 fully saturated rings. The van der Waals surface area contributed by atoms with Gasteiger partial charge in [0.25, 0.3) is 0 Å².